The zero-order valence-corrected chi connectivity index (χ0v) is 9.07. The van der Waals surface area contributed by atoms with Gasteiger partial charge in [-0.15, -0.1) is 0 Å². The zero-order chi connectivity index (χ0) is 10.1. The van der Waals surface area contributed by atoms with Gasteiger partial charge in [-0.2, -0.15) is 0 Å². The fraction of sp³-hybridized carbons (Fsp3) is 0.222. The summed E-state index contributed by atoms with van der Waals surface area (Å²) in [5.41, 5.74) is 7.63. The molecule has 1 unspecified atom stereocenters. The Morgan fingerprint density at radius 2 is 2.50 bits per heavy atom. The van der Waals surface area contributed by atoms with Crippen molar-refractivity contribution in [1.29, 1.82) is 0 Å². The van der Waals surface area contributed by atoms with Crippen molar-refractivity contribution in [1.82, 2.24) is 4.98 Å². The molecule has 2 aromatic rings. The van der Waals surface area contributed by atoms with E-state index in [0.29, 0.717) is 20.9 Å². The molecule has 0 amide bonds. The van der Waals surface area contributed by atoms with Crippen LogP contribution in [0, 0.1) is 0 Å². The standard InChI is InChI=1S/C9H10N2O2Se/c10-6(9(12)13)3-5-4-11-7-1-2-14-8(5)7/h1-2,4,6,11H,3,10H2,(H,12,13). The molecule has 0 aliphatic carbocycles. The van der Waals surface area contributed by atoms with Gasteiger partial charge in [-0.25, -0.2) is 0 Å². The van der Waals surface area contributed by atoms with Crippen molar-refractivity contribution in [2.45, 2.75) is 12.5 Å². The average Bonchev–Trinajstić information content (AvgIpc) is 2.69. The molecule has 0 bridgehead atoms. The number of carboxylic acid groups (broad SMARTS) is 1. The van der Waals surface area contributed by atoms with Gasteiger partial charge in [-0.3, -0.25) is 0 Å². The van der Waals surface area contributed by atoms with Crippen LogP contribution in [0.4, 0.5) is 0 Å². The van der Waals surface area contributed by atoms with Crippen molar-refractivity contribution in [2.24, 2.45) is 5.73 Å². The number of hydrogen-bond donors (Lipinski definition) is 3. The molecular weight excluding hydrogens is 247 g/mol. The van der Waals surface area contributed by atoms with Gasteiger partial charge in [0.1, 0.15) is 0 Å². The van der Waals surface area contributed by atoms with Crippen LogP contribution in [0.5, 0.6) is 0 Å². The Hall–Kier alpha value is -1.03. The summed E-state index contributed by atoms with van der Waals surface area (Å²) >= 11 is 0.336. The first-order valence-corrected chi connectivity index (χ1v) is 6.05. The molecule has 0 saturated heterocycles. The van der Waals surface area contributed by atoms with Crippen LogP contribution in [0.1, 0.15) is 5.56 Å². The summed E-state index contributed by atoms with van der Waals surface area (Å²) in [4.78, 5) is 15.8. The van der Waals surface area contributed by atoms with Gasteiger partial charge >= 0.3 is 86.1 Å². The molecule has 0 aliphatic rings. The van der Waals surface area contributed by atoms with Crippen LogP contribution in [0.3, 0.4) is 0 Å². The van der Waals surface area contributed by atoms with Crippen molar-refractivity contribution in [2.75, 3.05) is 0 Å². The molecule has 0 aliphatic heterocycles. The normalized spacial score (nSPS) is 13.2. The monoisotopic (exact) mass is 258 g/mol. The van der Waals surface area contributed by atoms with Crippen LogP contribution in [-0.2, 0) is 11.2 Å². The molecule has 0 radical (unpaired) electrons. The number of H-pyrrole nitrogens is 1. The van der Waals surface area contributed by atoms with E-state index in [4.69, 9.17) is 10.8 Å². The summed E-state index contributed by atoms with van der Waals surface area (Å²) in [5.74, 6) is -0.946. The summed E-state index contributed by atoms with van der Waals surface area (Å²) in [6, 6.07) is 1.23. The number of hydrogen-bond acceptors (Lipinski definition) is 2. The molecule has 0 saturated carbocycles. The number of carboxylic acids is 1. The van der Waals surface area contributed by atoms with E-state index in [1.807, 2.05) is 12.3 Å². The Bertz CT molecular complexity index is 460. The number of carbonyl (C=O) groups is 1. The van der Waals surface area contributed by atoms with Gasteiger partial charge in [0, 0.05) is 0 Å². The number of aliphatic carboxylic acids is 1. The van der Waals surface area contributed by atoms with Gasteiger partial charge in [-0.05, 0) is 0 Å². The molecule has 4 nitrogen and oxygen atoms in total. The van der Waals surface area contributed by atoms with Crippen LogP contribution >= 0.6 is 0 Å². The first-order chi connectivity index (χ1) is 6.68. The van der Waals surface area contributed by atoms with E-state index >= 15 is 0 Å². The van der Waals surface area contributed by atoms with E-state index in [2.05, 4.69) is 9.92 Å². The van der Waals surface area contributed by atoms with Crippen LogP contribution in [0.15, 0.2) is 17.2 Å². The second-order valence-electron chi connectivity index (χ2n) is 3.13. The third-order valence-corrected chi connectivity index (χ3v) is 4.19. The Morgan fingerprint density at radius 1 is 1.71 bits per heavy atom. The van der Waals surface area contributed by atoms with Crippen molar-refractivity contribution >= 4 is 30.2 Å². The fourth-order valence-electron chi connectivity index (χ4n) is 1.38. The van der Waals surface area contributed by atoms with Gasteiger partial charge in [-0.1, -0.05) is 0 Å². The van der Waals surface area contributed by atoms with E-state index in [-0.39, 0.29) is 0 Å². The molecule has 2 heterocycles. The van der Waals surface area contributed by atoms with Crippen LogP contribution < -0.4 is 5.73 Å². The van der Waals surface area contributed by atoms with E-state index < -0.39 is 12.0 Å². The maximum atomic E-state index is 10.6. The number of nitrogens with two attached hydrogens (primary N) is 1. The molecule has 2 aromatic heterocycles. The third-order valence-electron chi connectivity index (χ3n) is 2.12. The van der Waals surface area contributed by atoms with E-state index in [9.17, 15) is 4.79 Å². The second-order valence-corrected chi connectivity index (χ2v) is 5.05. The second kappa shape index (κ2) is 3.61. The molecular formula is C9H10N2O2Se. The topological polar surface area (TPSA) is 79.1 Å². The SMILES string of the molecule is NC(Cc1c[nH]c2cc[se]c12)C(=O)O. The number of aromatic nitrogens is 1. The molecule has 1 atom stereocenters. The number of rotatable bonds is 3. The predicted octanol–water partition coefficient (Wildman–Crippen LogP) is 0.179. The Kier molecular flexibility index (Phi) is 2.46. The van der Waals surface area contributed by atoms with Gasteiger partial charge in [0.05, 0.1) is 0 Å². The van der Waals surface area contributed by atoms with Crippen LogP contribution in [0.25, 0.3) is 9.78 Å². The van der Waals surface area contributed by atoms with Gasteiger partial charge in [0.2, 0.25) is 0 Å². The molecule has 2 rings (SSSR count). The Morgan fingerprint density at radius 3 is 3.21 bits per heavy atom. The first-order valence-electron chi connectivity index (χ1n) is 4.20. The van der Waals surface area contributed by atoms with Crippen LogP contribution in [0.2, 0.25) is 0 Å². The fourth-order valence-corrected chi connectivity index (χ4v) is 3.24. The molecule has 74 valence electrons. The van der Waals surface area contributed by atoms with Crippen molar-refractivity contribution in [3.05, 3.63) is 22.8 Å². The van der Waals surface area contributed by atoms with E-state index in [0.717, 1.165) is 11.1 Å². The Labute approximate surface area is 86.5 Å². The summed E-state index contributed by atoms with van der Waals surface area (Å²) in [6.45, 7) is 0. The van der Waals surface area contributed by atoms with Crippen molar-refractivity contribution in [3.63, 3.8) is 0 Å². The zero-order valence-electron chi connectivity index (χ0n) is 7.36. The molecule has 5 heteroatoms. The summed E-state index contributed by atoms with van der Waals surface area (Å²) in [6.07, 6.45) is 2.27. The van der Waals surface area contributed by atoms with Crippen molar-refractivity contribution in [3.8, 4) is 0 Å². The number of fused-ring (bicyclic) bond motifs is 1. The number of nitrogens with one attached hydrogen (secondary N) is 1. The third kappa shape index (κ3) is 1.62. The molecule has 0 spiro atoms. The Balaban J connectivity index is 2.27. The molecule has 4 N–H and O–H groups in total. The molecule has 0 fully saturated rings. The molecule has 0 aromatic carbocycles. The predicted molar refractivity (Wildman–Crippen MR) is 54.6 cm³/mol. The summed E-state index contributed by atoms with van der Waals surface area (Å²) in [7, 11) is 0. The summed E-state index contributed by atoms with van der Waals surface area (Å²) in [5, 5.41) is 8.68. The number of aromatic amines is 1. The summed E-state index contributed by atoms with van der Waals surface area (Å²) < 4.78 is 1.24. The van der Waals surface area contributed by atoms with Gasteiger partial charge in [0.15, 0.2) is 0 Å². The van der Waals surface area contributed by atoms with Crippen LogP contribution in [-0.4, -0.2) is 36.6 Å². The van der Waals surface area contributed by atoms with Gasteiger partial charge in [0.25, 0.3) is 0 Å². The minimum absolute atomic E-state index is 0.336. The van der Waals surface area contributed by atoms with Crippen molar-refractivity contribution < 1.29 is 9.90 Å². The quantitative estimate of drug-likeness (QED) is 0.686. The minimum atomic E-state index is -0.946. The van der Waals surface area contributed by atoms with Gasteiger partial charge < -0.3 is 0 Å². The molecule has 14 heavy (non-hydrogen) atoms. The van der Waals surface area contributed by atoms with E-state index in [1.54, 1.807) is 0 Å². The first kappa shape index (κ1) is 9.52. The van der Waals surface area contributed by atoms with E-state index in [1.165, 1.54) is 4.26 Å². The maximum absolute atomic E-state index is 10.6. The average molecular weight is 257 g/mol.